The van der Waals surface area contributed by atoms with Gasteiger partial charge in [-0.15, -0.1) is 0 Å². The summed E-state index contributed by atoms with van der Waals surface area (Å²) >= 11 is 0. The number of nitrogens with one attached hydrogen (secondary N) is 2. The number of benzene rings is 1. The Balaban J connectivity index is 1.38. The molecule has 1 aromatic carbocycles. The third kappa shape index (κ3) is 5.78. The molecule has 38 heavy (non-hydrogen) atoms. The Morgan fingerprint density at radius 3 is 2.68 bits per heavy atom. The molecule has 4 aromatic heterocycles. The Labute approximate surface area is 219 Å². The number of pyridine rings is 2. The first kappa shape index (κ1) is 24.9. The van der Waals surface area contributed by atoms with Crippen molar-refractivity contribution in [3.05, 3.63) is 67.3 Å². The largest absolute Gasteiger partial charge is 0.473 e. The van der Waals surface area contributed by atoms with Crippen LogP contribution in [0.2, 0.25) is 0 Å². The first-order valence-electron chi connectivity index (χ1n) is 11.6. The monoisotopic (exact) mass is 531 g/mol. The van der Waals surface area contributed by atoms with Gasteiger partial charge in [0.15, 0.2) is 5.82 Å². The molecule has 0 bridgehead atoms. The summed E-state index contributed by atoms with van der Waals surface area (Å²) in [7, 11) is -1.57. The fraction of sp³-hybridized carbons (Fsp3) is 0.160. The van der Waals surface area contributed by atoms with Crippen LogP contribution in [0.25, 0.3) is 33.5 Å². The molecule has 4 heterocycles. The summed E-state index contributed by atoms with van der Waals surface area (Å²) < 4.78 is 32.9. The highest BCUT2D eigenvalue weighted by atomic mass is 32.2. The number of nitrogen functional groups attached to an aromatic ring is 1. The molecule has 5 rings (SSSR count). The van der Waals surface area contributed by atoms with Crippen LogP contribution in [0.15, 0.2) is 67.3 Å². The van der Waals surface area contributed by atoms with Crippen molar-refractivity contribution in [2.75, 3.05) is 35.2 Å². The predicted molar refractivity (Wildman–Crippen MR) is 146 cm³/mol. The number of hydrogen-bond acceptors (Lipinski definition) is 10. The van der Waals surface area contributed by atoms with Gasteiger partial charge in [0.05, 0.1) is 35.5 Å². The van der Waals surface area contributed by atoms with Crippen LogP contribution in [0, 0.1) is 0 Å². The molecule has 5 aromatic rings. The number of hydrogen-bond donors (Lipinski definition) is 3. The minimum absolute atomic E-state index is 0.137. The third-order valence-corrected chi connectivity index (χ3v) is 6.04. The highest BCUT2D eigenvalue weighted by Crippen LogP contribution is 2.33. The maximum absolute atomic E-state index is 11.5. The van der Waals surface area contributed by atoms with Crippen molar-refractivity contribution >= 4 is 38.1 Å². The smallest absolute Gasteiger partial charge is 0.257 e. The molecule has 0 unspecified atom stereocenters. The molecule has 194 valence electrons. The van der Waals surface area contributed by atoms with E-state index in [0.717, 1.165) is 22.7 Å². The van der Waals surface area contributed by atoms with Gasteiger partial charge in [-0.1, -0.05) is 12.1 Å². The molecule has 4 N–H and O–H groups in total. The average Bonchev–Trinajstić information content (AvgIpc) is 3.32. The van der Waals surface area contributed by atoms with Crippen LogP contribution in [-0.2, 0) is 17.1 Å². The zero-order valence-corrected chi connectivity index (χ0v) is 21.5. The summed E-state index contributed by atoms with van der Waals surface area (Å²) in [5, 5.41) is 8.58. The molecule has 0 saturated carbocycles. The maximum atomic E-state index is 11.5. The lowest BCUT2D eigenvalue weighted by molar-refractivity contribution is 0.321. The van der Waals surface area contributed by atoms with Gasteiger partial charge in [0.25, 0.3) is 5.88 Å². The van der Waals surface area contributed by atoms with E-state index >= 15 is 0 Å². The van der Waals surface area contributed by atoms with Crippen LogP contribution in [0.5, 0.6) is 5.88 Å². The second-order valence-electron chi connectivity index (χ2n) is 8.51. The number of fused-ring (bicyclic) bond motifs is 1. The van der Waals surface area contributed by atoms with Crippen LogP contribution in [0.4, 0.5) is 17.2 Å². The summed E-state index contributed by atoms with van der Waals surface area (Å²) in [5.41, 5.74) is 10.7. The Morgan fingerprint density at radius 2 is 1.89 bits per heavy atom. The van der Waals surface area contributed by atoms with Gasteiger partial charge in [-0.05, 0) is 30.3 Å². The van der Waals surface area contributed by atoms with E-state index in [0.29, 0.717) is 35.0 Å². The second kappa shape index (κ2) is 10.3. The number of anilines is 3. The lowest BCUT2D eigenvalue weighted by atomic mass is 10.0. The molecule has 0 aliphatic rings. The van der Waals surface area contributed by atoms with E-state index in [2.05, 4.69) is 30.1 Å². The van der Waals surface area contributed by atoms with E-state index in [1.54, 1.807) is 23.1 Å². The Hall–Kier alpha value is -4.78. The SMILES string of the molecule is Cn1ccc(-c2nc(N)c(OCCNc3cncc(NS(C)(=O)=O)c3)nc2-c2ccc3ncccc3c2)n1. The lowest BCUT2D eigenvalue weighted by Gasteiger charge is -2.14. The standard InChI is InChI=1S/C25H25N9O3S/c1-34-10-7-21(32-34)23-22(17-5-6-20-16(12-17)4-3-8-29-20)31-25(24(26)30-23)37-11-9-28-18-13-19(15-27-14-18)33-38(2,35)36/h3-8,10,12-15,28,33H,9,11H2,1-2H3,(H2,26,30). The first-order valence-corrected chi connectivity index (χ1v) is 13.5. The van der Waals surface area contributed by atoms with Crippen molar-refractivity contribution in [1.82, 2.24) is 29.7 Å². The zero-order chi connectivity index (χ0) is 26.7. The van der Waals surface area contributed by atoms with Crippen molar-refractivity contribution in [2.45, 2.75) is 0 Å². The summed E-state index contributed by atoms with van der Waals surface area (Å²) in [6.07, 6.45) is 7.66. The average molecular weight is 532 g/mol. The molecule has 0 saturated heterocycles. The molecule has 0 radical (unpaired) electrons. The number of nitrogens with zero attached hydrogens (tertiary/aromatic N) is 6. The van der Waals surface area contributed by atoms with E-state index in [-0.39, 0.29) is 18.3 Å². The number of aryl methyl sites for hydroxylation is 1. The predicted octanol–water partition coefficient (Wildman–Crippen LogP) is 2.93. The summed E-state index contributed by atoms with van der Waals surface area (Å²) in [6.45, 7) is 0.594. The van der Waals surface area contributed by atoms with Crippen molar-refractivity contribution in [1.29, 1.82) is 0 Å². The van der Waals surface area contributed by atoms with Gasteiger partial charge in [-0.3, -0.25) is 19.4 Å². The molecular formula is C25H25N9O3S. The fourth-order valence-electron chi connectivity index (χ4n) is 3.83. The molecule has 0 amide bonds. The second-order valence-corrected chi connectivity index (χ2v) is 10.3. The van der Waals surface area contributed by atoms with E-state index in [1.807, 2.05) is 49.6 Å². The van der Waals surface area contributed by atoms with E-state index in [9.17, 15) is 8.42 Å². The van der Waals surface area contributed by atoms with Gasteiger partial charge in [-0.25, -0.2) is 18.4 Å². The zero-order valence-electron chi connectivity index (χ0n) is 20.7. The molecule has 12 nitrogen and oxygen atoms in total. The highest BCUT2D eigenvalue weighted by molar-refractivity contribution is 7.92. The molecule has 0 fully saturated rings. The topological polar surface area (TPSA) is 163 Å². The van der Waals surface area contributed by atoms with Gasteiger partial charge >= 0.3 is 0 Å². The van der Waals surface area contributed by atoms with Gasteiger partial charge in [0, 0.05) is 36.9 Å². The van der Waals surface area contributed by atoms with Gasteiger partial charge < -0.3 is 15.8 Å². The normalized spacial score (nSPS) is 11.4. The Bertz CT molecular complexity index is 1720. The maximum Gasteiger partial charge on any atom is 0.257 e. The van der Waals surface area contributed by atoms with Crippen LogP contribution < -0.4 is 20.5 Å². The van der Waals surface area contributed by atoms with Gasteiger partial charge in [0.2, 0.25) is 10.0 Å². The minimum Gasteiger partial charge on any atom is -0.473 e. The van der Waals surface area contributed by atoms with Crippen molar-refractivity contribution in [3.8, 4) is 28.5 Å². The number of aromatic nitrogens is 6. The van der Waals surface area contributed by atoms with Crippen molar-refractivity contribution < 1.29 is 13.2 Å². The van der Waals surface area contributed by atoms with Crippen LogP contribution >= 0.6 is 0 Å². The van der Waals surface area contributed by atoms with Crippen LogP contribution in [0.1, 0.15) is 0 Å². The van der Waals surface area contributed by atoms with E-state index in [4.69, 9.17) is 15.5 Å². The number of rotatable bonds is 9. The summed E-state index contributed by atoms with van der Waals surface area (Å²) in [6, 6.07) is 13.2. The number of sulfonamides is 1. The van der Waals surface area contributed by atoms with Crippen LogP contribution in [0.3, 0.4) is 0 Å². The lowest BCUT2D eigenvalue weighted by Crippen LogP contribution is -2.15. The Kier molecular flexibility index (Phi) is 6.75. The number of ether oxygens (including phenoxy) is 1. The molecule has 0 atom stereocenters. The third-order valence-electron chi connectivity index (χ3n) is 5.43. The summed E-state index contributed by atoms with van der Waals surface area (Å²) in [4.78, 5) is 17.8. The van der Waals surface area contributed by atoms with Crippen molar-refractivity contribution in [2.24, 2.45) is 7.05 Å². The van der Waals surface area contributed by atoms with Gasteiger partial charge in [0.1, 0.15) is 23.7 Å². The summed E-state index contributed by atoms with van der Waals surface area (Å²) in [5.74, 6) is 0.330. The van der Waals surface area contributed by atoms with Gasteiger partial charge in [-0.2, -0.15) is 5.10 Å². The highest BCUT2D eigenvalue weighted by Gasteiger charge is 2.18. The van der Waals surface area contributed by atoms with Crippen LogP contribution in [-0.4, -0.2) is 57.5 Å². The molecule has 0 aliphatic carbocycles. The number of nitrogens with two attached hydrogens (primary N) is 1. The fourth-order valence-corrected chi connectivity index (χ4v) is 4.37. The van der Waals surface area contributed by atoms with E-state index in [1.165, 1.54) is 6.20 Å². The quantitative estimate of drug-likeness (QED) is 0.241. The first-order chi connectivity index (χ1) is 18.2. The molecule has 0 spiro atoms. The molecule has 13 heteroatoms. The Morgan fingerprint density at radius 1 is 1.05 bits per heavy atom. The molecule has 0 aliphatic heterocycles. The molecular weight excluding hydrogens is 506 g/mol. The minimum atomic E-state index is -3.40. The van der Waals surface area contributed by atoms with Crippen molar-refractivity contribution in [3.63, 3.8) is 0 Å². The van der Waals surface area contributed by atoms with E-state index < -0.39 is 10.0 Å².